The van der Waals surface area contributed by atoms with Crippen LogP contribution >= 0.6 is 22.7 Å². The molecule has 6 heteroatoms. The molecule has 108 valence electrons. The van der Waals surface area contributed by atoms with E-state index in [0.29, 0.717) is 19.6 Å². The molecule has 2 aromatic rings. The van der Waals surface area contributed by atoms with Crippen molar-refractivity contribution in [1.29, 1.82) is 0 Å². The number of nitrogens with zero attached hydrogens (tertiary/aromatic N) is 2. The molecule has 1 amide bonds. The van der Waals surface area contributed by atoms with Crippen LogP contribution in [0.5, 0.6) is 0 Å². The largest absolute Gasteiger partial charge is 0.355 e. The van der Waals surface area contributed by atoms with Gasteiger partial charge in [-0.3, -0.25) is 9.69 Å². The maximum Gasteiger partial charge on any atom is 0.234 e. The molecule has 0 spiro atoms. The zero-order valence-corrected chi connectivity index (χ0v) is 13.4. The van der Waals surface area contributed by atoms with Crippen LogP contribution in [0.2, 0.25) is 0 Å². The molecule has 2 aromatic heterocycles. The summed E-state index contributed by atoms with van der Waals surface area (Å²) in [5.41, 5.74) is 2.21. The third-order valence-corrected chi connectivity index (χ3v) is 4.52. The molecule has 0 unspecified atom stereocenters. The van der Waals surface area contributed by atoms with Gasteiger partial charge in [-0.25, -0.2) is 4.98 Å². The van der Waals surface area contributed by atoms with Gasteiger partial charge in [-0.15, -0.1) is 11.3 Å². The SMILES string of the molecule is CCNC(=O)CN(CC)Cc1csc(-c2ccsc2)n1. The number of amides is 1. The lowest BCUT2D eigenvalue weighted by Crippen LogP contribution is -2.36. The summed E-state index contributed by atoms with van der Waals surface area (Å²) in [6.07, 6.45) is 0. The highest BCUT2D eigenvalue weighted by atomic mass is 32.1. The first-order valence-electron chi connectivity index (χ1n) is 6.69. The molecule has 0 radical (unpaired) electrons. The van der Waals surface area contributed by atoms with Crippen molar-refractivity contribution in [3.8, 4) is 10.6 Å². The van der Waals surface area contributed by atoms with Gasteiger partial charge in [0.15, 0.2) is 0 Å². The van der Waals surface area contributed by atoms with E-state index in [2.05, 4.69) is 44.3 Å². The summed E-state index contributed by atoms with van der Waals surface area (Å²) in [7, 11) is 0. The Kier molecular flexibility index (Phi) is 5.70. The highest BCUT2D eigenvalue weighted by molar-refractivity contribution is 7.14. The molecule has 0 atom stereocenters. The van der Waals surface area contributed by atoms with Gasteiger partial charge in [0.25, 0.3) is 0 Å². The van der Waals surface area contributed by atoms with E-state index in [-0.39, 0.29) is 5.91 Å². The van der Waals surface area contributed by atoms with Crippen molar-refractivity contribution in [3.05, 3.63) is 27.9 Å². The summed E-state index contributed by atoms with van der Waals surface area (Å²) >= 11 is 3.34. The van der Waals surface area contributed by atoms with Gasteiger partial charge in [-0.05, 0) is 24.9 Å². The number of carbonyl (C=O) groups excluding carboxylic acids is 1. The molecule has 20 heavy (non-hydrogen) atoms. The van der Waals surface area contributed by atoms with Gasteiger partial charge in [0.1, 0.15) is 5.01 Å². The number of likely N-dealkylation sites (N-methyl/N-ethyl adjacent to an activating group) is 2. The molecular formula is C14H19N3OS2. The van der Waals surface area contributed by atoms with Crippen molar-refractivity contribution < 1.29 is 4.79 Å². The first-order valence-corrected chi connectivity index (χ1v) is 8.51. The molecule has 1 N–H and O–H groups in total. The maximum atomic E-state index is 11.6. The van der Waals surface area contributed by atoms with E-state index >= 15 is 0 Å². The second-order valence-electron chi connectivity index (χ2n) is 4.41. The van der Waals surface area contributed by atoms with E-state index in [4.69, 9.17) is 0 Å². The summed E-state index contributed by atoms with van der Waals surface area (Å²) in [6.45, 7) is 6.65. The molecular weight excluding hydrogens is 290 g/mol. The highest BCUT2D eigenvalue weighted by Gasteiger charge is 2.11. The molecule has 0 aliphatic carbocycles. The van der Waals surface area contributed by atoms with Gasteiger partial charge in [0, 0.05) is 29.4 Å². The molecule has 0 fully saturated rings. The Balaban J connectivity index is 1.96. The van der Waals surface area contributed by atoms with Crippen molar-refractivity contribution in [1.82, 2.24) is 15.2 Å². The third-order valence-electron chi connectivity index (χ3n) is 2.89. The summed E-state index contributed by atoms with van der Waals surface area (Å²) in [6, 6.07) is 2.08. The Morgan fingerprint density at radius 2 is 2.25 bits per heavy atom. The average molecular weight is 309 g/mol. The van der Waals surface area contributed by atoms with Crippen LogP contribution in [0.3, 0.4) is 0 Å². The van der Waals surface area contributed by atoms with Crippen molar-refractivity contribution in [2.45, 2.75) is 20.4 Å². The number of aromatic nitrogens is 1. The fourth-order valence-electron chi connectivity index (χ4n) is 1.86. The molecule has 0 bridgehead atoms. The van der Waals surface area contributed by atoms with Crippen LogP contribution in [0.25, 0.3) is 10.6 Å². The zero-order chi connectivity index (χ0) is 14.4. The quantitative estimate of drug-likeness (QED) is 0.855. The molecule has 0 aliphatic heterocycles. The Bertz CT molecular complexity index is 536. The Hall–Kier alpha value is -1.24. The van der Waals surface area contributed by atoms with Crippen molar-refractivity contribution in [3.63, 3.8) is 0 Å². The average Bonchev–Trinajstić information content (AvgIpc) is 3.08. The number of thiophene rings is 1. The Morgan fingerprint density at radius 3 is 2.90 bits per heavy atom. The van der Waals surface area contributed by atoms with Crippen LogP contribution in [0.15, 0.2) is 22.2 Å². The third kappa shape index (κ3) is 4.13. The highest BCUT2D eigenvalue weighted by Crippen LogP contribution is 2.26. The number of hydrogen-bond donors (Lipinski definition) is 1. The summed E-state index contributed by atoms with van der Waals surface area (Å²) in [4.78, 5) is 18.4. The molecule has 0 aromatic carbocycles. The Morgan fingerprint density at radius 1 is 1.40 bits per heavy atom. The lowest BCUT2D eigenvalue weighted by atomic mass is 10.3. The van der Waals surface area contributed by atoms with Crippen molar-refractivity contribution >= 4 is 28.6 Å². The number of carbonyl (C=O) groups is 1. The number of hydrogen-bond acceptors (Lipinski definition) is 5. The van der Waals surface area contributed by atoms with Crippen molar-refractivity contribution in [2.24, 2.45) is 0 Å². The van der Waals surface area contributed by atoms with Gasteiger partial charge in [0.2, 0.25) is 5.91 Å². The minimum atomic E-state index is 0.0719. The van der Waals surface area contributed by atoms with E-state index in [1.165, 1.54) is 5.56 Å². The fraction of sp³-hybridized carbons (Fsp3) is 0.429. The first-order chi connectivity index (χ1) is 9.72. The summed E-state index contributed by atoms with van der Waals surface area (Å²) in [5, 5.41) is 10.1. The van der Waals surface area contributed by atoms with E-state index in [1.807, 2.05) is 6.92 Å². The van der Waals surface area contributed by atoms with Crippen LogP contribution in [0, 0.1) is 0 Å². The van der Waals surface area contributed by atoms with Crippen LogP contribution in [-0.4, -0.2) is 35.4 Å². The summed E-state index contributed by atoms with van der Waals surface area (Å²) in [5.74, 6) is 0.0719. The van der Waals surface area contributed by atoms with E-state index < -0.39 is 0 Å². The van der Waals surface area contributed by atoms with Crippen LogP contribution < -0.4 is 5.32 Å². The minimum Gasteiger partial charge on any atom is -0.355 e. The fourth-order valence-corrected chi connectivity index (χ4v) is 3.39. The lowest BCUT2D eigenvalue weighted by Gasteiger charge is -2.18. The zero-order valence-electron chi connectivity index (χ0n) is 11.8. The van der Waals surface area contributed by atoms with E-state index in [1.54, 1.807) is 22.7 Å². The molecule has 2 heterocycles. The van der Waals surface area contributed by atoms with Gasteiger partial charge in [0.05, 0.1) is 12.2 Å². The lowest BCUT2D eigenvalue weighted by molar-refractivity contribution is -0.122. The predicted octanol–water partition coefficient (Wildman–Crippen LogP) is 2.83. The van der Waals surface area contributed by atoms with Gasteiger partial charge in [-0.2, -0.15) is 11.3 Å². The summed E-state index contributed by atoms with van der Waals surface area (Å²) < 4.78 is 0. The smallest absolute Gasteiger partial charge is 0.234 e. The van der Waals surface area contributed by atoms with Crippen molar-refractivity contribution in [2.75, 3.05) is 19.6 Å². The van der Waals surface area contributed by atoms with Gasteiger partial charge < -0.3 is 5.32 Å². The van der Waals surface area contributed by atoms with Gasteiger partial charge >= 0.3 is 0 Å². The van der Waals surface area contributed by atoms with Crippen LogP contribution in [0.1, 0.15) is 19.5 Å². The molecule has 2 rings (SSSR count). The van der Waals surface area contributed by atoms with E-state index in [0.717, 1.165) is 17.2 Å². The maximum absolute atomic E-state index is 11.6. The van der Waals surface area contributed by atoms with Crippen LogP contribution in [-0.2, 0) is 11.3 Å². The molecule has 0 saturated heterocycles. The second-order valence-corrected chi connectivity index (χ2v) is 6.05. The monoisotopic (exact) mass is 309 g/mol. The second kappa shape index (κ2) is 7.52. The minimum absolute atomic E-state index is 0.0719. The number of nitrogens with one attached hydrogen (secondary N) is 1. The number of rotatable bonds is 7. The standard InChI is InChI=1S/C14H19N3OS2/c1-3-15-13(18)8-17(4-2)7-12-10-20-14(16-12)11-5-6-19-9-11/h5-6,9-10H,3-4,7-8H2,1-2H3,(H,15,18). The molecule has 0 saturated carbocycles. The first kappa shape index (κ1) is 15.2. The number of thiazole rings is 1. The molecule has 0 aliphatic rings. The Labute approximate surface area is 127 Å². The topological polar surface area (TPSA) is 45.2 Å². The molecule has 4 nitrogen and oxygen atoms in total. The van der Waals surface area contributed by atoms with Crippen LogP contribution in [0.4, 0.5) is 0 Å². The van der Waals surface area contributed by atoms with Gasteiger partial charge in [-0.1, -0.05) is 6.92 Å². The normalized spacial score (nSPS) is 10.9. The predicted molar refractivity (Wildman–Crippen MR) is 85.1 cm³/mol. The van der Waals surface area contributed by atoms with E-state index in [9.17, 15) is 4.79 Å².